The lowest BCUT2D eigenvalue weighted by atomic mass is 10.2. The van der Waals surface area contributed by atoms with Crippen molar-refractivity contribution in [3.8, 4) is 0 Å². The zero-order valence-electron chi connectivity index (χ0n) is 12.0. The molecule has 2 rings (SSSR count). The number of rotatable bonds is 5. The number of benzene rings is 1. The summed E-state index contributed by atoms with van der Waals surface area (Å²) in [6.07, 6.45) is 2.00. The Balaban J connectivity index is 2.26. The second-order valence-corrected chi connectivity index (χ2v) is 7.39. The Morgan fingerprint density at radius 1 is 1.35 bits per heavy atom. The molecule has 1 saturated carbocycles. The largest absolute Gasteiger partial charge is 0.349 e. The van der Waals surface area contributed by atoms with Gasteiger partial charge < -0.3 is 5.32 Å². The van der Waals surface area contributed by atoms with Crippen molar-refractivity contribution in [1.29, 1.82) is 0 Å². The van der Waals surface area contributed by atoms with Gasteiger partial charge in [-0.15, -0.1) is 0 Å². The van der Waals surface area contributed by atoms with Crippen LogP contribution in [0, 0.1) is 0 Å². The van der Waals surface area contributed by atoms with Gasteiger partial charge >= 0.3 is 0 Å². The van der Waals surface area contributed by atoms with Crippen molar-refractivity contribution in [3.05, 3.63) is 29.8 Å². The number of nitrogens with one attached hydrogen (secondary N) is 1. The van der Waals surface area contributed by atoms with Crippen LogP contribution in [0.1, 0.15) is 37.0 Å². The van der Waals surface area contributed by atoms with E-state index in [1.165, 1.54) is 23.5 Å². The molecule has 0 aromatic heterocycles. The molecule has 0 radical (unpaired) electrons. The van der Waals surface area contributed by atoms with Gasteiger partial charge in [0, 0.05) is 24.7 Å². The molecule has 1 aromatic carbocycles. The Labute approximate surface area is 120 Å². The minimum absolute atomic E-state index is 0.135. The highest BCUT2D eigenvalue weighted by molar-refractivity contribution is 7.89. The maximum absolute atomic E-state index is 12.4. The van der Waals surface area contributed by atoms with Crippen molar-refractivity contribution in [2.75, 3.05) is 7.05 Å². The molecule has 1 N–H and O–H groups in total. The molecule has 1 amide bonds. The van der Waals surface area contributed by atoms with E-state index in [4.69, 9.17) is 0 Å². The highest BCUT2D eigenvalue weighted by Gasteiger charge is 2.26. The molecule has 0 spiro atoms. The van der Waals surface area contributed by atoms with Crippen LogP contribution >= 0.6 is 0 Å². The number of hydrogen-bond acceptors (Lipinski definition) is 3. The summed E-state index contributed by atoms with van der Waals surface area (Å²) in [6.45, 7) is 3.61. The topological polar surface area (TPSA) is 66.5 Å². The second kappa shape index (κ2) is 5.54. The molecule has 20 heavy (non-hydrogen) atoms. The Hall–Kier alpha value is -1.40. The first-order valence-corrected chi connectivity index (χ1v) is 8.15. The Morgan fingerprint density at radius 2 is 2.00 bits per heavy atom. The maximum Gasteiger partial charge on any atom is 0.251 e. The zero-order chi connectivity index (χ0) is 14.9. The van der Waals surface area contributed by atoms with E-state index in [9.17, 15) is 13.2 Å². The van der Waals surface area contributed by atoms with Crippen LogP contribution in [-0.2, 0) is 10.0 Å². The van der Waals surface area contributed by atoms with Gasteiger partial charge in [0.25, 0.3) is 5.91 Å². The van der Waals surface area contributed by atoms with E-state index in [1.54, 1.807) is 26.0 Å². The van der Waals surface area contributed by atoms with E-state index in [-0.39, 0.29) is 22.9 Å². The third-order valence-corrected chi connectivity index (χ3v) is 5.44. The van der Waals surface area contributed by atoms with Crippen molar-refractivity contribution < 1.29 is 13.2 Å². The molecule has 0 aliphatic heterocycles. The first-order valence-electron chi connectivity index (χ1n) is 6.71. The Bertz CT molecular complexity index is 607. The minimum Gasteiger partial charge on any atom is -0.349 e. The smallest absolute Gasteiger partial charge is 0.251 e. The molecule has 1 aliphatic rings. The average Bonchev–Trinajstić information content (AvgIpc) is 3.21. The lowest BCUT2D eigenvalue weighted by Crippen LogP contribution is -2.33. The van der Waals surface area contributed by atoms with Gasteiger partial charge in [-0.3, -0.25) is 4.79 Å². The standard InChI is InChI=1S/C14H20N2O3S/c1-10(2)16(3)20(18,19)13-6-4-5-11(9-13)14(17)15-12-7-8-12/h4-6,9-10,12H,7-8H2,1-3H3,(H,15,17). The average molecular weight is 296 g/mol. The second-order valence-electron chi connectivity index (χ2n) is 5.39. The summed E-state index contributed by atoms with van der Waals surface area (Å²) in [7, 11) is -2.02. The van der Waals surface area contributed by atoms with E-state index in [0.717, 1.165) is 12.8 Å². The van der Waals surface area contributed by atoms with Crippen molar-refractivity contribution in [2.45, 2.75) is 43.7 Å². The first kappa shape index (κ1) is 15.0. The fourth-order valence-electron chi connectivity index (χ4n) is 1.74. The highest BCUT2D eigenvalue weighted by Crippen LogP contribution is 2.21. The maximum atomic E-state index is 12.4. The van der Waals surface area contributed by atoms with E-state index in [1.807, 2.05) is 0 Å². The van der Waals surface area contributed by atoms with Crippen LogP contribution < -0.4 is 5.32 Å². The number of carbonyl (C=O) groups is 1. The Kier molecular flexibility index (Phi) is 4.15. The molecule has 0 unspecified atom stereocenters. The third kappa shape index (κ3) is 3.19. The van der Waals surface area contributed by atoms with Gasteiger partial charge in [0.1, 0.15) is 0 Å². The van der Waals surface area contributed by atoms with Crippen LogP contribution in [0.5, 0.6) is 0 Å². The summed E-state index contributed by atoms with van der Waals surface area (Å²) >= 11 is 0. The fraction of sp³-hybridized carbons (Fsp3) is 0.500. The molecule has 1 aliphatic carbocycles. The molecule has 0 atom stereocenters. The van der Waals surface area contributed by atoms with E-state index >= 15 is 0 Å². The molecule has 6 heteroatoms. The molecule has 1 fully saturated rings. The van der Waals surface area contributed by atoms with Crippen LogP contribution in [-0.4, -0.2) is 37.8 Å². The predicted octanol–water partition coefficient (Wildman–Crippen LogP) is 1.61. The molecular weight excluding hydrogens is 276 g/mol. The number of sulfonamides is 1. The number of carbonyl (C=O) groups excluding carboxylic acids is 1. The van der Waals surface area contributed by atoms with Gasteiger partial charge in [0.2, 0.25) is 10.0 Å². The first-order chi connectivity index (χ1) is 9.32. The highest BCUT2D eigenvalue weighted by atomic mass is 32.2. The van der Waals surface area contributed by atoms with Crippen molar-refractivity contribution in [2.24, 2.45) is 0 Å². The lowest BCUT2D eigenvalue weighted by Gasteiger charge is -2.21. The summed E-state index contributed by atoms with van der Waals surface area (Å²) < 4.78 is 26.1. The molecule has 0 heterocycles. The zero-order valence-corrected chi connectivity index (χ0v) is 12.8. The van der Waals surface area contributed by atoms with Crippen molar-refractivity contribution >= 4 is 15.9 Å². The summed E-state index contributed by atoms with van der Waals surface area (Å²) in [5.74, 6) is -0.211. The fourth-order valence-corrected chi connectivity index (χ4v) is 3.15. The van der Waals surface area contributed by atoms with Gasteiger partial charge in [-0.05, 0) is 44.9 Å². The molecule has 1 aromatic rings. The molecule has 110 valence electrons. The van der Waals surface area contributed by atoms with Gasteiger partial charge in [0.05, 0.1) is 4.90 Å². The third-order valence-electron chi connectivity index (χ3n) is 3.41. The molecule has 5 nitrogen and oxygen atoms in total. The number of nitrogens with zero attached hydrogens (tertiary/aromatic N) is 1. The normalized spacial score (nSPS) is 15.7. The summed E-state index contributed by atoms with van der Waals surface area (Å²) in [4.78, 5) is 12.1. The SMILES string of the molecule is CC(C)N(C)S(=O)(=O)c1cccc(C(=O)NC2CC2)c1. The van der Waals surface area contributed by atoms with Crippen LogP contribution in [0.4, 0.5) is 0 Å². The van der Waals surface area contributed by atoms with Gasteiger partial charge in [0.15, 0.2) is 0 Å². The van der Waals surface area contributed by atoms with Crippen LogP contribution in [0.2, 0.25) is 0 Å². The molecule has 0 bridgehead atoms. The van der Waals surface area contributed by atoms with Gasteiger partial charge in [-0.2, -0.15) is 4.31 Å². The summed E-state index contributed by atoms with van der Waals surface area (Å²) in [5, 5.41) is 2.85. The van der Waals surface area contributed by atoms with Crippen molar-refractivity contribution in [3.63, 3.8) is 0 Å². The van der Waals surface area contributed by atoms with Crippen LogP contribution in [0.3, 0.4) is 0 Å². The summed E-state index contributed by atoms with van der Waals surface area (Å²) in [5.41, 5.74) is 0.384. The molecule has 0 saturated heterocycles. The number of amides is 1. The van der Waals surface area contributed by atoms with E-state index < -0.39 is 10.0 Å². The van der Waals surface area contributed by atoms with Gasteiger partial charge in [-0.1, -0.05) is 6.07 Å². The number of hydrogen-bond donors (Lipinski definition) is 1. The Morgan fingerprint density at radius 3 is 2.55 bits per heavy atom. The van der Waals surface area contributed by atoms with E-state index in [0.29, 0.717) is 5.56 Å². The van der Waals surface area contributed by atoms with Crippen LogP contribution in [0.25, 0.3) is 0 Å². The monoisotopic (exact) mass is 296 g/mol. The molecular formula is C14H20N2O3S. The van der Waals surface area contributed by atoms with Crippen LogP contribution in [0.15, 0.2) is 29.2 Å². The van der Waals surface area contributed by atoms with E-state index in [2.05, 4.69) is 5.32 Å². The quantitative estimate of drug-likeness (QED) is 0.897. The minimum atomic E-state index is -3.55. The predicted molar refractivity (Wildman–Crippen MR) is 77.0 cm³/mol. The lowest BCUT2D eigenvalue weighted by molar-refractivity contribution is 0.0951. The van der Waals surface area contributed by atoms with Crippen molar-refractivity contribution in [1.82, 2.24) is 9.62 Å². The summed E-state index contributed by atoms with van der Waals surface area (Å²) in [6, 6.07) is 6.30. The van der Waals surface area contributed by atoms with Gasteiger partial charge in [-0.25, -0.2) is 8.42 Å².